The molecule has 0 fully saturated rings. The summed E-state index contributed by atoms with van der Waals surface area (Å²) in [6.45, 7) is 0. The Morgan fingerprint density at radius 3 is 2.50 bits per heavy atom. The number of aromatic nitrogens is 1. The van der Waals surface area contributed by atoms with Crippen molar-refractivity contribution in [3.63, 3.8) is 0 Å². The van der Waals surface area contributed by atoms with Crippen molar-refractivity contribution in [3.8, 4) is 11.3 Å². The Kier molecular flexibility index (Phi) is 5.47. The number of anilines is 1. The first-order valence-electron chi connectivity index (χ1n) is 8.80. The number of nitrogens with one attached hydrogen (secondary N) is 1. The SMILES string of the molecule is O=C(Nc1nc(-c2ccc(F)cc2)cs1)c1ccc(CS(=O)(=O)c2ccccc2)o1. The number of carbonyl (C=O) groups excluding carboxylic acids is 1. The van der Waals surface area contributed by atoms with E-state index < -0.39 is 15.7 Å². The third kappa shape index (κ3) is 4.47. The standard InChI is InChI=1S/C21H15FN2O4S2/c22-15-8-6-14(7-9-15)18-12-29-21(23-18)24-20(25)19-11-10-16(28-19)13-30(26,27)17-4-2-1-3-5-17/h1-12H,13H2,(H,23,24,25). The molecular weight excluding hydrogens is 427 g/mol. The minimum absolute atomic E-state index is 0.0215. The van der Waals surface area contributed by atoms with Gasteiger partial charge in [0.25, 0.3) is 5.91 Å². The zero-order valence-corrected chi connectivity index (χ0v) is 17.0. The van der Waals surface area contributed by atoms with Gasteiger partial charge in [0, 0.05) is 10.9 Å². The fraction of sp³-hybridized carbons (Fsp3) is 0.0476. The van der Waals surface area contributed by atoms with Crippen LogP contribution in [0.5, 0.6) is 0 Å². The normalized spacial score (nSPS) is 11.4. The van der Waals surface area contributed by atoms with Gasteiger partial charge < -0.3 is 4.42 Å². The average molecular weight is 442 g/mol. The molecule has 4 rings (SSSR count). The number of thiazole rings is 1. The van der Waals surface area contributed by atoms with E-state index in [1.807, 2.05) is 0 Å². The Morgan fingerprint density at radius 1 is 1.03 bits per heavy atom. The summed E-state index contributed by atoms with van der Waals surface area (Å²) < 4.78 is 43.3. The number of hydrogen-bond acceptors (Lipinski definition) is 6. The highest BCUT2D eigenvalue weighted by Gasteiger charge is 2.19. The van der Waals surface area contributed by atoms with Gasteiger partial charge in [-0.15, -0.1) is 11.3 Å². The van der Waals surface area contributed by atoms with Crippen molar-refractivity contribution in [1.29, 1.82) is 0 Å². The van der Waals surface area contributed by atoms with Crippen molar-refractivity contribution >= 4 is 32.2 Å². The van der Waals surface area contributed by atoms with Gasteiger partial charge in [0.1, 0.15) is 17.3 Å². The van der Waals surface area contributed by atoms with Crippen LogP contribution < -0.4 is 5.32 Å². The molecule has 152 valence electrons. The van der Waals surface area contributed by atoms with Crippen LogP contribution in [0.3, 0.4) is 0 Å². The maximum atomic E-state index is 13.0. The van der Waals surface area contributed by atoms with E-state index >= 15 is 0 Å². The summed E-state index contributed by atoms with van der Waals surface area (Å²) in [5.74, 6) is -1.10. The van der Waals surface area contributed by atoms with Crippen LogP contribution in [0.15, 0.2) is 81.4 Å². The maximum Gasteiger partial charge on any atom is 0.293 e. The van der Waals surface area contributed by atoms with Crippen LogP contribution in [-0.2, 0) is 15.6 Å². The maximum absolute atomic E-state index is 13.0. The second-order valence-electron chi connectivity index (χ2n) is 6.34. The van der Waals surface area contributed by atoms with Crippen LogP contribution >= 0.6 is 11.3 Å². The molecule has 0 radical (unpaired) electrons. The number of rotatable bonds is 6. The van der Waals surface area contributed by atoms with Crippen molar-refractivity contribution in [2.45, 2.75) is 10.6 Å². The summed E-state index contributed by atoms with van der Waals surface area (Å²) in [7, 11) is -3.58. The molecule has 0 saturated heterocycles. The van der Waals surface area contributed by atoms with E-state index in [1.165, 1.54) is 47.7 Å². The highest BCUT2D eigenvalue weighted by Crippen LogP contribution is 2.26. The van der Waals surface area contributed by atoms with Gasteiger partial charge >= 0.3 is 0 Å². The smallest absolute Gasteiger partial charge is 0.293 e. The Bertz CT molecular complexity index is 1280. The second kappa shape index (κ2) is 8.21. The van der Waals surface area contributed by atoms with E-state index in [9.17, 15) is 17.6 Å². The molecule has 2 aromatic carbocycles. The molecule has 1 N–H and O–H groups in total. The molecule has 0 aliphatic carbocycles. The van der Waals surface area contributed by atoms with Gasteiger partial charge in [-0.2, -0.15) is 0 Å². The minimum atomic E-state index is -3.58. The first kappa shape index (κ1) is 20.0. The summed E-state index contributed by atoms with van der Waals surface area (Å²) in [6.07, 6.45) is 0. The number of furan rings is 1. The Labute approximate surface area is 175 Å². The largest absolute Gasteiger partial charge is 0.455 e. The van der Waals surface area contributed by atoms with Crippen molar-refractivity contribution in [2.24, 2.45) is 0 Å². The lowest BCUT2D eigenvalue weighted by molar-refractivity contribution is 0.0995. The summed E-state index contributed by atoms with van der Waals surface area (Å²) in [4.78, 5) is 16.9. The van der Waals surface area contributed by atoms with Crippen LogP contribution in [0.4, 0.5) is 9.52 Å². The zero-order valence-electron chi connectivity index (χ0n) is 15.4. The van der Waals surface area contributed by atoms with Crippen LogP contribution in [0, 0.1) is 5.82 Å². The molecular formula is C21H15FN2O4S2. The molecule has 0 saturated carbocycles. The van der Waals surface area contributed by atoms with Gasteiger partial charge in [0.15, 0.2) is 20.7 Å². The monoisotopic (exact) mass is 442 g/mol. The van der Waals surface area contributed by atoms with E-state index in [-0.39, 0.29) is 28.0 Å². The third-order valence-corrected chi connectivity index (χ3v) is 6.60. The number of carbonyl (C=O) groups is 1. The van der Waals surface area contributed by atoms with Crippen LogP contribution in [-0.4, -0.2) is 19.3 Å². The second-order valence-corrected chi connectivity index (χ2v) is 9.18. The van der Waals surface area contributed by atoms with Gasteiger partial charge in [-0.1, -0.05) is 18.2 Å². The number of benzene rings is 2. The van der Waals surface area contributed by atoms with Crippen LogP contribution in [0.1, 0.15) is 16.3 Å². The molecule has 0 unspecified atom stereocenters. The quantitative estimate of drug-likeness (QED) is 0.465. The average Bonchev–Trinajstić information content (AvgIpc) is 3.39. The minimum Gasteiger partial charge on any atom is -0.455 e. The van der Waals surface area contributed by atoms with Gasteiger partial charge in [-0.05, 0) is 48.5 Å². The molecule has 1 amide bonds. The van der Waals surface area contributed by atoms with Gasteiger partial charge in [-0.25, -0.2) is 17.8 Å². The number of halogens is 1. The molecule has 30 heavy (non-hydrogen) atoms. The molecule has 2 aromatic heterocycles. The van der Waals surface area contributed by atoms with Crippen molar-refractivity contribution in [3.05, 3.63) is 89.4 Å². The summed E-state index contributed by atoms with van der Waals surface area (Å²) in [5, 5.41) is 4.70. The first-order chi connectivity index (χ1) is 14.4. The predicted molar refractivity (Wildman–Crippen MR) is 112 cm³/mol. The summed E-state index contributed by atoms with van der Waals surface area (Å²) in [6, 6.07) is 16.8. The Balaban J connectivity index is 1.44. The lowest BCUT2D eigenvalue weighted by atomic mass is 10.2. The van der Waals surface area contributed by atoms with Crippen molar-refractivity contribution in [1.82, 2.24) is 4.98 Å². The van der Waals surface area contributed by atoms with E-state index in [0.29, 0.717) is 10.8 Å². The highest BCUT2D eigenvalue weighted by molar-refractivity contribution is 7.90. The molecule has 0 aliphatic heterocycles. The number of hydrogen-bond donors (Lipinski definition) is 1. The lowest BCUT2D eigenvalue weighted by Gasteiger charge is -2.02. The predicted octanol–water partition coefficient (Wildman–Crippen LogP) is 4.77. The van der Waals surface area contributed by atoms with Crippen molar-refractivity contribution < 1.29 is 22.0 Å². The molecule has 0 spiro atoms. The molecule has 0 atom stereocenters. The third-order valence-electron chi connectivity index (χ3n) is 4.18. The first-order valence-corrected chi connectivity index (χ1v) is 11.3. The Hall–Kier alpha value is -3.30. The molecule has 0 aliphatic rings. The molecule has 4 aromatic rings. The number of sulfone groups is 1. The van der Waals surface area contributed by atoms with Crippen LogP contribution in [0.2, 0.25) is 0 Å². The Morgan fingerprint density at radius 2 is 1.77 bits per heavy atom. The molecule has 6 nitrogen and oxygen atoms in total. The highest BCUT2D eigenvalue weighted by atomic mass is 32.2. The number of nitrogens with zero attached hydrogens (tertiary/aromatic N) is 1. The van der Waals surface area contributed by atoms with E-state index in [1.54, 1.807) is 35.7 Å². The van der Waals surface area contributed by atoms with E-state index in [0.717, 1.165) is 5.56 Å². The fourth-order valence-electron chi connectivity index (χ4n) is 2.72. The summed E-state index contributed by atoms with van der Waals surface area (Å²) >= 11 is 1.21. The molecule has 2 heterocycles. The topological polar surface area (TPSA) is 89.3 Å². The van der Waals surface area contributed by atoms with E-state index in [2.05, 4.69) is 10.3 Å². The van der Waals surface area contributed by atoms with E-state index in [4.69, 9.17) is 4.42 Å². The lowest BCUT2D eigenvalue weighted by Crippen LogP contribution is -2.10. The summed E-state index contributed by atoms with van der Waals surface area (Å²) in [5.41, 5.74) is 1.32. The van der Waals surface area contributed by atoms with Gasteiger partial charge in [0.05, 0.1) is 10.6 Å². The molecule has 9 heteroatoms. The fourth-order valence-corrected chi connectivity index (χ4v) is 4.70. The number of amides is 1. The van der Waals surface area contributed by atoms with Crippen molar-refractivity contribution in [2.75, 3.05) is 5.32 Å². The zero-order chi connectivity index (χ0) is 21.1. The van der Waals surface area contributed by atoms with Crippen LogP contribution in [0.25, 0.3) is 11.3 Å². The van der Waals surface area contributed by atoms with Gasteiger partial charge in [0.2, 0.25) is 0 Å². The van der Waals surface area contributed by atoms with Gasteiger partial charge in [-0.3, -0.25) is 10.1 Å². The molecule has 0 bridgehead atoms.